The van der Waals surface area contributed by atoms with Gasteiger partial charge < -0.3 is 10.4 Å². The van der Waals surface area contributed by atoms with Crippen LogP contribution in [-0.4, -0.2) is 47.1 Å². The number of carbonyl (C=O) groups is 1. The Labute approximate surface area is 117 Å². The van der Waals surface area contributed by atoms with E-state index in [4.69, 9.17) is 5.11 Å². The van der Waals surface area contributed by atoms with E-state index in [0.717, 1.165) is 36.9 Å². The Morgan fingerprint density at radius 1 is 1.53 bits per heavy atom. The first-order valence-electron chi connectivity index (χ1n) is 6.62. The molecule has 0 aliphatic carbocycles. The van der Waals surface area contributed by atoms with Crippen LogP contribution in [-0.2, 0) is 16.8 Å². The lowest BCUT2D eigenvalue weighted by Crippen LogP contribution is -2.51. The molecule has 1 aliphatic heterocycles. The molecular weight excluding hydrogens is 262 g/mol. The molecule has 0 amide bonds. The largest absolute Gasteiger partial charge is 0.481 e. The van der Waals surface area contributed by atoms with Crippen molar-refractivity contribution in [3.8, 4) is 0 Å². The van der Waals surface area contributed by atoms with Crippen LogP contribution in [0, 0.1) is 0 Å². The number of nitrogens with one attached hydrogen (secondary N) is 1. The van der Waals surface area contributed by atoms with Gasteiger partial charge in [0.15, 0.2) is 0 Å². The molecule has 0 spiro atoms. The summed E-state index contributed by atoms with van der Waals surface area (Å²) in [6.45, 7) is 8.46. The van der Waals surface area contributed by atoms with Crippen molar-refractivity contribution in [2.24, 2.45) is 0 Å². The fraction of sp³-hybridized carbons (Fsp3) is 0.692. The van der Waals surface area contributed by atoms with Gasteiger partial charge >= 0.3 is 5.97 Å². The van der Waals surface area contributed by atoms with Crippen molar-refractivity contribution in [1.82, 2.24) is 15.2 Å². The monoisotopic (exact) mass is 283 g/mol. The lowest BCUT2D eigenvalue weighted by molar-refractivity contribution is -0.136. The summed E-state index contributed by atoms with van der Waals surface area (Å²) in [7, 11) is 0. The van der Waals surface area contributed by atoms with Crippen LogP contribution in [0.1, 0.15) is 31.0 Å². The molecule has 19 heavy (non-hydrogen) atoms. The molecule has 6 heteroatoms. The smallest absolute Gasteiger partial charge is 0.303 e. The molecule has 106 valence electrons. The Kier molecular flexibility index (Phi) is 4.54. The predicted molar refractivity (Wildman–Crippen MR) is 75.5 cm³/mol. The van der Waals surface area contributed by atoms with Crippen molar-refractivity contribution < 1.29 is 9.90 Å². The molecule has 2 N–H and O–H groups in total. The minimum atomic E-state index is -0.768. The first kappa shape index (κ1) is 14.4. The third kappa shape index (κ3) is 3.52. The average Bonchev–Trinajstić information content (AvgIpc) is 2.87. The summed E-state index contributed by atoms with van der Waals surface area (Å²) < 4.78 is 0. The van der Waals surface area contributed by atoms with Gasteiger partial charge in [-0.1, -0.05) is 0 Å². The highest BCUT2D eigenvalue weighted by atomic mass is 32.1. The third-order valence-electron chi connectivity index (χ3n) is 3.58. The maximum atomic E-state index is 10.6. The number of aromatic nitrogens is 1. The molecule has 1 saturated heterocycles. The molecule has 0 bridgehead atoms. The summed E-state index contributed by atoms with van der Waals surface area (Å²) in [5.74, 6) is -0.768. The van der Waals surface area contributed by atoms with Gasteiger partial charge in [0.1, 0.15) is 5.01 Å². The second-order valence-electron chi connectivity index (χ2n) is 5.33. The molecule has 2 heterocycles. The number of piperazine rings is 1. The van der Waals surface area contributed by atoms with Crippen molar-refractivity contribution >= 4 is 17.3 Å². The van der Waals surface area contributed by atoms with Crippen LogP contribution in [0.2, 0.25) is 0 Å². The lowest BCUT2D eigenvalue weighted by atomic mass is 10.0. The molecule has 0 radical (unpaired) electrons. The molecular formula is C13H21N3O2S. The van der Waals surface area contributed by atoms with Crippen LogP contribution in [0.4, 0.5) is 0 Å². The fourth-order valence-electron chi connectivity index (χ4n) is 2.30. The van der Waals surface area contributed by atoms with E-state index >= 15 is 0 Å². The van der Waals surface area contributed by atoms with Gasteiger partial charge in [-0.05, 0) is 13.8 Å². The van der Waals surface area contributed by atoms with Gasteiger partial charge in [0.05, 0.1) is 17.7 Å². The number of hydrogen-bond acceptors (Lipinski definition) is 5. The zero-order chi connectivity index (χ0) is 13.9. The SMILES string of the molecule is CC(C)(c1nc(CCC(=O)O)cs1)N1CCNCC1. The molecule has 0 aromatic carbocycles. The molecule has 1 aromatic heterocycles. The number of aryl methyl sites for hydroxylation is 1. The van der Waals surface area contributed by atoms with Crippen molar-refractivity contribution in [1.29, 1.82) is 0 Å². The second kappa shape index (κ2) is 5.98. The highest BCUT2D eigenvalue weighted by Gasteiger charge is 2.32. The summed E-state index contributed by atoms with van der Waals surface area (Å²) in [5, 5.41) is 15.1. The quantitative estimate of drug-likeness (QED) is 0.853. The zero-order valence-corrected chi connectivity index (χ0v) is 12.3. The first-order chi connectivity index (χ1) is 9.00. The van der Waals surface area contributed by atoms with Crippen LogP contribution >= 0.6 is 11.3 Å². The van der Waals surface area contributed by atoms with E-state index in [1.165, 1.54) is 0 Å². The van der Waals surface area contributed by atoms with Crippen LogP contribution in [0.15, 0.2) is 5.38 Å². The molecule has 0 atom stereocenters. The Hall–Kier alpha value is -0.980. The number of hydrogen-bond donors (Lipinski definition) is 2. The van der Waals surface area contributed by atoms with E-state index in [0.29, 0.717) is 6.42 Å². The minimum Gasteiger partial charge on any atom is -0.481 e. The molecule has 2 rings (SSSR count). The van der Waals surface area contributed by atoms with Crippen molar-refractivity contribution in [2.45, 2.75) is 32.2 Å². The maximum absolute atomic E-state index is 10.6. The number of rotatable bonds is 5. The lowest BCUT2D eigenvalue weighted by Gasteiger charge is -2.39. The van der Waals surface area contributed by atoms with E-state index in [1.807, 2.05) is 5.38 Å². The van der Waals surface area contributed by atoms with Gasteiger partial charge in [-0.2, -0.15) is 0 Å². The van der Waals surface area contributed by atoms with Crippen molar-refractivity contribution in [3.63, 3.8) is 0 Å². The van der Waals surface area contributed by atoms with Gasteiger partial charge in [-0.25, -0.2) is 4.98 Å². The van der Waals surface area contributed by atoms with Gasteiger partial charge in [-0.15, -0.1) is 11.3 Å². The van der Waals surface area contributed by atoms with Gasteiger partial charge in [0.25, 0.3) is 0 Å². The Morgan fingerprint density at radius 3 is 2.84 bits per heavy atom. The standard InChI is InChI=1S/C13H21N3O2S/c1-13(2,16-7-5-14-6-8-16)12-15-10(9-19-12)3-4-11(17)18/h9,14H,3-8H2,1-2H3,(H,17,18). The summed E-state index contributed by atoms with van der Waals surface area (Å²) in [4.78, 5) is 17.6. The van der Waals surface area contributed by atoms with Crippen molar-refractivity contribution in [2.75, 3.05) is 26.2 Å². The van der Waals surface area contributed by atoms with Gasteiger partial charge in [-0.3, -0.25) is 9.69 Å². The minimum absolute atomic E-state index is 0.0752. The normalized spacial score (nSPS) is 17.6. The second-order valence-corrected chi connectivity index (χ2v) is 6.19. The Balaban J connectivity index is 2.05. The summed E-state index contributed by atoms with van der Waals surface area (Å²) in [5.41, 5.74) is 0.819. The number of aliphatic carboxylic acids is 1. The summed E-state index contributed by atoms with van der Waals surface area (Å²) >= 11 is 1.64. The van der Waals surface area contributed by atoms with E-state index in [1.54, 1.807) is 11.3 Å². The molecule has 1 fully saturated rings. The van der Waals surface area contributed by atoms with Gasteiger partial charge in [0.2, 0.25) is 0 Å². The van der Waals surface area contributed by atoms with Gasteiger partial charge in [0, 0.05) is 38.0 Å². The molecule has 1 aliphatic rings. The summed E-state index contributed by atoms with van der Waals surface area (Å²) in [6, 6.07) is 0. The number of thiazole rings is 1. The Morgan fingerprint density at radius 2 is 2.21 bits per heavy atom. The van der Waals surface area contributed by atoms with E-state index < -0.39 is 5.97 Å². The average molecular weight is 283 g/mol. The number of carboxylic acids is 1. The van der Waals surface area contributed by atoms with Crippen LogP contribution in [0.5, 0.6) is 0 Å². The van der Waals surface area contributed by atoms with E-state index in [-0.39, 0.29) is 12.0 Å². The maximum Gasteiger partial charge on any atom is 0.303 e. The first-order valence-corrected chi connectivity index (χ1v) is 7.50. The van der Waals surface area contributed by atoms with Crippen LogP contribution in [0.3, 0.4) is 0 Å². The molecule has 0 saturated carbocycles. The molecule has 0 unspecified atom stereocenters. The molecule has 1 aromatic rings. The Bertz CT molecular complexity index is 439. The predicted octanol–water partition coefficient (Wildman–Crippen LogP) is 1.30. The fourth-order valence-corrected chi connectivity index (χ4v) is 3.30. The number of nitrogens with zero attached hydrogens (tertiary/aromatic N) is 2. The highest BCUT2D eigenvalue weighted by Crippen LogP contribution is 2.30. The van der Waals surface area contributed by atoms with E-state index in [9.17, 15) is 4.79 Å². The topological polar surface area (TPSA) is 65.5 Å². The summed E-state index contributed by atoms with van der Waals surface area (Å²) in [6.07, 6.45) is 0.667. The molecule has 5 nitrogen and oxygen atoms in total. The highest BCUT2D eigenvalue weighted by molar-refractivity contribution is 7.09. The zero-order valence-electron chi connectivity index (χ0n) is 11.5. The third-order valence-corrected chi connectivity index (χ3v) is 4.78. The number of carboxylic acid groups (broad SMARTS) is 1. The van der Waals surface area contributed by atoms with Crippen LogP contribution in [0.25, 0.3) is 0 Å². The van der Waals surface area contributed by atoms with Crippen molar-refractivity contribution in [3.05, 3.63) is 16.1 Å². The van der Waals surface area contributed by atoms with E-state index in [2.05, 4.69) is 29.0 Å². The van der Waals surface area contributed by atoms with Crippen LogP contribution < -0.4 is 5.32 Å².